The normalized spacial score (nSPS) is 11.1. The van der Waals surface area contributed by atoms with Crippen molar-refractivity contribution in [1.29, 1.82) is 0 Å². The molecule has 0 bridgehead atoms. The highest BCUT2D eigenvalue weighted by atomic mass is 32.1. The zero-order valence-corrected chi connectivity index (χ0v) is 16.5. The summed E-state index contributed by atoms with van der Waals surface area (Å²) in [6.45, 7) is 5.97. The van der Waals surface area contributed by atoms with Gasteiger partial charge in [0.1, 0.15) is 5.75 Å². The summed E-state index contributed by atoms with van der Waals surface area (Å²) in [6, 6.07) is 15.1. The first-order valence-corrected chi connectivity index (χ1v) is 9.72. The van der Waals surface area contributed by atoms with Gasteiger partial charge in [0.25, 0.3) is 5.91 Å². The number of aryl methyl sites for hydroxylation is 1. The number of hydrogen-bond donors (Lipinski definition) is 1. The molecule has 6 nitrogen and oxygen atoms in total. The Morgan fingerprint density at radius 2 is 1.93 bits per heavy atom. The van der Waals surface area contributed by atoms with Gasteiger partial charge in [-0.25, -0.2) is 4.98 Å². The van der Waals surface area contributed by atoms with Crippen LogP contribution in [-0.4, -0.2) is 22.2 Å². The van der Waals surface area contributed by atoms with Gasteiger partial charge in [-0.05, 0) is 62.7 Å². The molecular formula is C21H19N3O3S. The van der Waals surface area contributed by atoms with Crippen LogP contribution in [0.5, 0.6) is 5.75 Å². The summed E-state index contributed by atoms with van der Waals surface area (Å²) < 4.78 is 12.0. The number of ether oxygens (including phenoxy) is 1. The van der Waals surface area contributed by atoms with E-state index in [1.165, 1.54) is 11.3 Å². The number of carbonyl (C=O) groups is 1. The number of nitrogens with one attached hydrogen (secondary N) is 1. The fourth-order valence-corrected chi connectivity index (χ4v) is 3.69. The molecule has 2 heterocycles. The molecule has 142 valence electrons. The molecule has 1 N–H and O–H groups in total. The fraction of sp³-hybridized carbons (Fsp3) is 0.190. The number of nitrogens with zero attached hydrogens (tertiary/aromatic N) is 2. The molecule has 2 aromatic heterocycles. The van der Waals surface area contributed by atoms with Crippen molar-refractivity contribution in [3.63, 3.8) is 0 Å². The summed E-state index contributed by atoms with van der Waals surface area (Å²) in [4.78, 5) is 16.9. The maximum absolute atomic E-state index is 12.5. The Kier molecular flexibility index (Phi) is 4.83. The maximum atomic E-state index is 12.5. The molecule has 0 spiro atoms. The van der Waals surface area contributed by atoms with E-state index in [0.717, 1.165) is 27.1 Å². The van der Waals surface area contributed by atoms with Crippen LogP contribution in [0.25, 0.3) is 21.5 Å². The van der Waals surface area contributed by atoms with Crippen LogP contribution in [-0.2, 0) is 0 Å². The second-order valence-electron chi connectivity index (χ2n) is 6.71. The van der Waals surface area contributed by atoms with Crippen molar-refractivity contribution in [2.24, 2.45) is 0 Å². The van der Waals surface area contributed by atoms with E-state index in [9.17, 15) is 4.79 Å². The Labute approximate surface area is 166 Å². The molecule has 0 aliphatic rings. The first kappa shape index (κ1) is 18.2. The number of rotatable bonds is 5. The van der Waals surface area contributed by atoms with Gasteiger partial charge in [0.2, 0.25) is 0 Å². The summed E-state index contributed by atoms with van der Waals surface area (Å²) in [6.07, 6.45) is 0.109. The highest BCUT2D eigenvalue weighted by molar-refractivity contribution is 7.22. The molecule has 0 aliphatic carbocycles. The van der Waals surface area contributed by atoms with Crippen LogP contribution in [0.4, 0.5) is 5.13 Å². The first-order valence-electron chi connectivity index (χ1n) is 8.90. The molecule has 2 aromatic carbocycles. The predicted molar refractivity (Wildman–Crippen MR) is 110 cm³/mol. The Morgan fingerprint density at radius 1 is 1.14 bits per heavy atom. The van der Waals surface area contributed by atoms with Gasteiger partial charge in [-0.3, -0.25) is 10.1 Å². The van der Waals surface area contributed by atoms with Gasteiger partial charge < -0.3 is 9.26 Å². The van der Waals surface area contributed by atoms with E-state index in [0.29, 0.717) is 10.9 Å². The molecule has 0 fully saturated rings. The number of anilines is 1. The number of thiazole rings is 1. The van der Waals surface area contributed by atoms with Crippen LogP contribution < -0.4 is 10.1 Å². The van der Waals surface area contributed by atoms with E-state index in [1.54, 1.807) is 6.07 Å². The van der Waals surface area contributed by atoms with Gasteiger partial charge in [-0.2, -0.15) is 0 Å². The number of fused-ring (bicyclic) bond motifs is 1. The Bertz CT molecular complexity index is 1130. The van der Waals surface area contributed by atoms with Crippen molar-refractivity contribution in [1.82, 2.24) is 10.1 Å². The molecule has 0 aliphatic heterocycles. The lowest BCUT2D eigenvalue weighted by atomic mass is 10.1. The third-order valence-corrected chi connectivity index (χ3v) is 4.95. The SMILES string of the molecule is Cc1ccc2nc(NC(=O)c3cc(-c4ccc(OC(C)C)cc4)on3)sc2c1. The maximum Gasteiger partial charge on any atom is 0.279 e. The van der Waals surface area contributed by atoms with Crippen molar-refractivity contribution in [2.45, 2.75) is 26.9 Å². The molecule has 0 radical (unpaired) electrons. The molecular weight excluding hydrogens is 374 g/mol. The molecule has 0 atom stereocenters. The minimum Gasteiger partial charge on any atom is -0.491 e. The van der Waals surface area contributed by atoms with E-state index in [-0.39, 0.29) is 17.7 Å². The van der Waals surface area contributed by atoms with E-state index >= 15 is 0 Å². The summed E-state index contributed by atoms with van der Waals surface area (Å²) in [7, 11) is 0. The number of hydrogen-bond acceptors (Lipinski definition) is 6. The van der Waals surface area contributed by atoms with Crippen LogP contribution >= 0.6 is 11.3 Å². The van der Waals surface area contributed by atoms with Gasteiger partial charge in [0.05, 0.1) is 16.3 Å². The smallest absolute Gasteiger partial charge is 0.279 e. The van der Waals surface area contributed by atoms with Gasteiger partial charge in [-0.15, -0.1) is 0 Å². The first-order chi connectivity index (χ1) is 13.5. The Morgan fingerprint density at radius 3 is 2.68 bits per heavy atom. The van der Waals surface area contributed by atoms with Crippen molar-refractivity contribution < 1.29 is 14.1 Å². The van der Waals surface area contributed by atoms with E-state index in [2.05, 4.69) is 15.5 Å². The third kappa shape index (κ3) is 3.89. The molecule has 4 aromatic rings. The third-order valence-electron chi connectivity index (χ3n) is 4.02. The predicted octanol–water partition coefficient (Wildman–Crippen LogP) is 5.30. The van der Waals surface area contributed by atoms with Gasteiger partial charge in [0.15, 0.2) is 16.6 Å². The molecule has 0 saturated heterocycles. The lowest BCUT2D eigenvalue weighted by Gasteiger charge is -2.09. The molecule has 4 rings (SSSR count). The molecule has 28 heavy (non-hydrogen) atoms. The summed E-state index contributed by atoms with van der Waals surface area (Å²) in [5.41, 5.74) is 3.03. The van der Waals surface area contributed by atoms with Crippen molar-refractivity contribution in [3.8, 4) is 17.1 Å². The second kappa shape index (κ2) is 7.44. The van der Waals surface area contributed by atoms with Gasteiger partial charge in [0, 0.05) is 11.6 Å². The monoisotopic (exact) mass is 393 g/mol. The van der Waals surface area contributed by atoms with Gasteiger partial charge >= 0.3 is 0 Å². The van der Waals surface area contributed by atoms with Crippen LogP contribution in [0.2, 0.25) is 0 Å². The van der Waals surface area contributed by atoms with Crippen molar-refractivity contribution in [2.75, 3.05) is 5.32 Å². The van der Waals surface area contributed by atoms with Crippen LogP contribution in [0, 0.1) is 6.92 Å². The molecule has 0 saturated carbocycles. The quantitative estimate of drug-likeness (QED) is 0.498. The number of aromatic nitrogens is 2. The lowest BCUT2D eigenvalue weighted by molar-refractivity contribution is 0.101. The highest BCUT2D eigenvalue weighted by Crippen LogP contribution is 2.28. The number of benzene rings is 2. The zero-order valence-electron chi connectivity index (χ0n) is 15.7. The summed E-state index contributed by atoms with van der Waals surface area (Å²) in [5, 5.41) is 7.21. The zero-order chi connectivity index (χ0) is 19.7. The van der Waals surface area contributed by atoms with Crippen molar-refractivity contribution >= 4 is 32.6 Å². The summed E-state index contributed by atoms with van der Waals surface area (Å²) in [5.74, 6) is 0.939. The van der Waals surface area contributed by atoms with E-state index in [4.69, 9.17) is 9.26 Å². The topological polar surface area (TPSA) is 77.2 Å². The minimum atomic E-state index is -0.356. The lowest BCUT2D eigenvalue weighted by Crippen LogP contribution is -2.11. The van der Waals surface area contributed by atoms with Gasteiger partial charge in [-0.1, -0.05) is 22.6 Å². The second-order valence-corrected chi connectivity index (χ2v) is 7.74. The minimum absolute atomic E-state index is 0.109. The summed E-state index contributed by atoms with van der Waals surface area (Å²) >= 11 is 1.43. The van der Waals surface area contributed by atoms with Crippen LogP contribution in [0.15, 0.2) is 53.1 Å². The standard InChI is InChI=1S/C21H19N3O3S/c1-12(2)26-15-7-5-14(6-8-15)18-11-17(24-27-18)20(25)23-21-22-16-9-4-13(3)10-19(16)28-21/h4-12H,1-3H3,(H,22,23,25). The van der Waals surface area contributed by atoms with Crippen LogP contribution in [0.3, 0.4) is 0 Å². The average molecular weight is 393 g/mol. The number of carbonyl (C=O) groups excluding carboxylic acids is 1. The van der Waals surface area contributed by atoms with E-state index < -0.39 is 0 Å². The molecule has 0 unspecified atom stereocenters. The highest BCUT2D eigenvalue weighted by Gasteiger charge is 2.16. The average Bonchev–Trinajstić information content (AvgIpc) is 3.28. The molecule has 7 heteroatoms. The fourth-order valence-electron chi connectivity index (χ4n) is 2.73. The van der Waals surface area contributed by atoms with Crippen molar-refractivity contribution in [3.05, 3.63) is 59.8 Å². The number of amides is 1. The largest absolute Gasteiger partial charge is 0.491 e. The molecule has 1 amide bonds. The Balaban J connectivity index is 1.49. The Hall–Kier alpha value is -3.19. The van der Waals surface area contributed by atoms with Crippen LogP contribution in [0.1, 0.15) is 29.9 Å². The van der Waals surface area contributed by atoms with E-state index in [1.807, 2.05) is 63.2 Å².